The van der Waals surface area contributed by atoms with Gasteiger partial charge in [-0.05, 0) is 37.4 Å². The SMILES string of the molecule is CC(c1ccccc1)C(NS(=O)/C(S)=C/C=C/Br)C(=O)OC(C)(C)C. The minimum Gasteiger partial charge on any atom is -0.459 e. The molecule has 0 amide bonds. The Morgan fingerprint density at radius 1 is 1.32 bits per heavy atom. The normalized spacial score (nSPS) is 16.5. The van der Waals surface area contributed by atoms with Crippen LogP contribution in [0.3, 0.4) is 0 Å². The van der Waals surface area contributed by atoms with Crippen molar-refractivity contribution < 1.29 is 13.7 Å². The first-order valence-corrected chi connectivity index (χ1v) is 10.3. The van der Waals surface area contributed by atoms with Gasteiger partial charge in [0.25, 0.3) is 0 Å². The highest BCUT2D eigenvalue weighted by atomic mass is 79.9. The van der Waals surface area contributed by atoms with Gasteiger partial charge in [-0.15, -0.1) is 12.6 Å². The van der Waals surface area contributed by atoms with Gasteiger partial charge in [0.2, 0.25) is 0 Å². The average molecular weight is 446 g/mol. The van der Waals surface area contributed by atoms with Crippen LogP contribution in [-0.2, 0) is 20.5 Å². The highest BCUT2D eigenvalue weighted by Crippen LogP contribution is 2.23. The molecule has 0 aromatic heterocycles. The number of allylic oxidation sites excluding steroid dienone is 2. The Labute approximate surface area is 166 Å². The number of benzene rings is 1. The van der Waals surface area contributed by atoms with E-state index in [-0.39, 0.29) is 5.92 Å². The van der Waals surface area contributed by atoms with Crippen LogP contribution in [0.15, 0.2) is 51.7 Å². The van der Waals surface area contributed by atoms with Crippen molar-refractivity contribution in [2.75, 3.05) is 0 Å². The summed E-state index contributed by atoms with van der Waals surface area (Å²) in [6.45, 7) is 7.30. The van der Waals surface area contributed by atoms with E-state index >= 15 is 0 Å². The van der Waals surface area contributed by atoms with Gasteiger partial charge in [0, 0.05) is 5.92 Å². The molecule has 0 aliphatic heterocycles. The molecule has 4 nitrogen and oxygen atoms in total. The number of ether oxygens (including phenoxy) is 1. The molecule has 0 saturated heterocycles. The molecular weight excluding hydrogens is 422 g/mol. The molecule has 7 heteroatoms. The van der Waals surface area contributed by atoms with E-state index in [1.54, 1.807) is 37.9 Å². The van der Waals surface area contributed by atoms with Gasteiger partial charge in [-0.2, -0.15) is 0 Å². The number of hydrogen-bond acceptors (Lipinski definition) is 4. The Morgan fingerprint density at radius 3 is 2.44 bits per heavy atom. The molecule has 25 heavy (non-hydrogen) atoms. The molecule has 1 rings (SSSR count). The van der Waals surface area contributed by atoms with Gasteiger partial charge in [-0.1, -0.05) is 59.3 Å². The van der Waals surface area contributed by atoms with Crippen LogP contribution < -0.4 is 4.72 Å². The predicted molar refractivity (Wildman–Crippen MR) is 111 cm³/mol. The Bertz CT molecular complexity index is 654. The summed E-state index contributed by atoms with van der Waals surface area (Å²) in [6.07, 6.45) is 3.24. The molecule has 0 fully saturated rings. The summed E-state index contributed by atoms with van der Waals surface area (Å²) < 4.78 is 21.1. The third kappa shape index (κ3) is 7.90. The fraction of sp³-hybridized carbons (Fsp3) is 0.389. The van der Waals surface area contributed by atoms with E-state index in [0.29, 0.717) is 4.24 Å². The summed E-state index contributed by atoms with van der Waals surface area (Å²) in [6, 6.07) is 8.80. The Morgan fingerprint density at radius 2 is 1.92 bits per heavy atom. The number of thiol groups is 1. The van der Waals surface area contributed by atoms with Crippen LogP contribution in [-0.4, -0.2) is 21.8 Å². The molecule has 0 bridgehead atoms. The van der Waals surface area contributed by atoms with E-state index in [9.17, 15) is 9.00 Å². The van der Waals surface area contributed by atoms with Crippen molar-refractivity contribution in [3.05, 3.63) is 57.3 Å². The third-order valence-corrected chi connectivity index (χ3v) is 5.16. The first-order chi connectivity index (χ1) is 11.7. The zero-order chi connectivity index (χ0) is 19.0. The number of esters is 1. The molecule has 0 saturated carbocycles. The van der Waals surface area contributed by atoms with E-state index in [4.69, 9.17) is 4.74 Å². The smallest absolute Gasteiger partial charge is 0.325 e. The molecule has 1 aromatic rings. The fourth-order valence-electron chi connectivity index (χ4n) is 2.02. The molecule has 3 unspecified atom stereocenters. The van der Waals surface area contributed by atoms with Gasteiger partial charge in [0.05, 0.1) is 4.24 Å². The van der Waals surface area contributed by atoms with Gasteiger partial charge in [0.15, 0.2) is 0 Å². The van der Waals surface area contributed by atoms with Gasteiger partial charge < -0.3 is 4.74 Å². The second-order valence-corrected chi connectivity index (χ2v) is 8.95. The monoisotopic (exact) mass is 445 g/mol. The van der Waals surface area contributed by atoms with E-state index in [0.717, 1.165) is 5.56 Å². The number of rotatable bonds is 7. The van der Waals surface area contributed by atoms with Crippen molar-refractivity contribution in [2.45, 2.75) is 45.3 Å². The molecule has 1 N–H and O–H groups in total. The fourth-order valence-corrected chi connectivity index (χ4v) is 3.28. The summed E-state index contributed by atoms with van der Waals surface area (Å²) in [7, 11) is -1.64. The molecule has 0 aliphatic carbocycles. The quantitative estimate of drug-likeness (QED) is 0.370. The highest BCUT2D eigenvalue weighted by Gasteiger charge is 2.32. The molecule has 0 radical (unpaired) electrons. The molecule has 0 aliphatic rings. The average Bonchev–Trinajstić information content (AvgIpc) is 2.55. The van der Waals surface area contributed by atoms with Crippen molar-refractivity contribution in [1.29, 1.82) is 0 Å². The minimum atomic E-state index is -1.64. The predicted octanol–water partition coefficient (Wildman–Crippen LogP) is 4.43. The number of carbonyl (C=O) groups excluding carboxylic acids is 1. The second-order valence-electron chi connectivity index (χ2n) is 6.42. The second kappa shape index (κ2) is 10.3. The lowest BCUT2D eigenvalue weighted by atomic mass is 9.94. The summed E-state index contributed by atoms with van der Waals surface area (Å²) >= 11 is 7.35. The van der Waals surface area contributed by atoms with Crippen LogP contribution in [0.25, 0.3) is 0 Å². The van der Waals surface area contributed by atoms with Crippen LogP contribution in [0.1, 0.15) is 39.2 Å². The summed E-state index contributed by atoms with van der Waals surface area (Å²) in [5.74, 6) is -0.678. The van der Waals surface area contributed by atoms with Crippen molar-refractivity contribution in [3.63, 3.8) is 0 Å². The molecule has 0 heterocycles. The highest BCUT2D eigenvalue weighted by molar-refractivity contribution is 9.11. The van der Waals surface area contributed by atoms with E-state index in [1.807, 2.05) is 37.3 Å². The van der Waals surface area contributed by atoms with E-state index in [2.05, 4.69) is 33.3 Å². The molecule has 138 valence electrons. The van der Waals surface area contributed by atoms with Crippen molar-refractivity contribution in [3.8, 4) is 0 Å². The van der Waals surface area contributed by atoms with Crippen LogP contribution in [0.2, 0.25) is 0 Å². The minimum absolute atomic E-state index is 0.229. The Balaban J connectivity index is 3.07. The standard InChI is InChI=1S/C18H24BrNO3S2/c1-13(14-9-6-5-7-10-14)16(17(21)23-18(2,3)4)20-25(22)15(24)11-8-12-19/h5-13,16,20,24H,1-4H3/b12-8+,15-11+. The zero-order valence-electron chi connectivity index (χ0n) is 14.7. The largest absolute Gasteiger partial charge is 0.459 e. The van der Waals surface area contributed by atoms with Crippen molar-refractivity contribution >= 4 is 45.5 Å². The summed E-state index contributed by atoms with van der Waals surface area (Å²) in [5.41, 5.74) is 0.320. The zero-order valence-corrected chi connectivity index (χ0v) is 18.0. The van der Waals surface area contributed by atoms with Gasteiger partial charge in [-0.25, -0.2) is 8.93 Å². The number of carbonyl (C=O) groups is 1. The maximum atomic E-state index is 12.7. The Kier molecular flexibility index (Phi) is 9.13. The number of halogens is 1. The maximum absolute atomic E-state index is 12.7. The van der Waals surface area contributed by atoms with Crippen LogP contribution >= 0.6 is 28.6 Å². The number of hydrogen-bond donors (Lipinski definition) is 2. The molecular formula is C18H24BrNO3S2. The summed E-state index contributed by atoms with van der Waals surface area (Å²) in [4.78, 5) is 14.3. The molecule has 0 spiro atoms. The van der Waals surface area contributed by atoms with Crippen LogP contribution in [0.4, 0.5) is 0 Å². The molecule has 3 atom stereocenters. The Hall–Kier alpha value is -0.890. The molecule has 1 aromatic carbocycles. The maximum Gasteiger partial charge on any atom is 0.325 e. The lowest BCUT2D eigenvalue weighted by molar-refractivity contribution is -0.157. The van der Waals surface area contributed by atoms with Gasteiger partial charge in [-0.3, -0.25) is 4.79 Å². The first kappa shape index (κ1) is 22.2. The van der Waals surface area contributed by atoms with Gasteiger partial charge >= 0.3 is 5.97 Å². The van der Waals surface area contributed by atoms with E-state index in [1.165, 1.54) is 0 Å². The topological polar surface area (TPSA) is 55.4 Å². The number of nitrogens with one attached hydrogen (secondary N) is 1. The lowest BCUT2D eigenvalue weighted by Gasteiger charge is -2.28. The van der Waals surface area contributed by atoms with Crippen LogP contribution in [0.5, 0.6) is 0 Å². The first-order valence-electron chi connectivity index (χ1n) is 7.77. The van der Waals surface area contributed by atoms with Gasteiger partial charge in [0.1, 0.15) is 22.6 Å². The summed E-state index contributed by atoms with van der Waals surface area (Å²) in [5, 5.41) is 0. The lowest BCUT2D eigenvalue weighted by Crippen LogP contribution is -2.45. The van der Waals surface area contributed by atoms with Crippen molar-refractivity contribution in [1.82, 2.24) is 4.72 Å². The third-order valence-electron chi connectivity index (χ3n) is 3.22. The van der Waals surface area contributed by atoms with Crippen molar-refractivity contribution in [2.24, 2.45) is 0 Å². The van der Waals surface area contributed by atoms with E-state index < -0.39 is 28.6 Å². The van der Waals surface area contributed by atoms with Crippen LogP contribution in [0, 0.1) is 0 Å².